The second kappa shape index (κ2) is 5.77. The summed E-state index contributed by atoms with van der Waals surface area (Å²) in [5.41, 5.74) is 1.09. The van der Waals surface area contributed by atoms with E-state index in [-0.39, 0.29) is 0 Å². The fraction of sp³-hybridized carbons (Fsp3) is 0.600. The van der Waals surface area contributed by atoms with Crippen LogP contribution >= 0.6 is 11.6 Å². The van der Waals surface area contributed by atoms with Gasteiger partial charge in [0.15, 0.2) is 0 Å². The molecule has 2 rings (SSSR count). The molecule has 94 valence electrons. The summed E-state index contributed by atoms with van der Waals surface area (Å²) in [4.78, 5) is 0. The van der Waals surface area contributed by atoms with E-state index in [2.05, 4.69) is 25.2 Å². The molecule has 1 nitrogen and oxygen atoms in total. The molecular weight excluding hydrogens is 230 g/mol. The van der Waals surface area contributed by atoms with Crippen LogP contribution in [0.25, 0.3) is 0 Å². The number of anilines is 1. The lowest BCUT2D eigenvalue weighted by Gasteiger charge is -2.35. The summed E-state index contributed by atoms with van der Waals surface area (Å²) in [6.07, 6.45) is 5.34. The first-order valence-corrected chi connectivity index (χ1v) is 7.07. The van der Waals surface area contributed by atoms with Gasteiger partial charge in [0.2, 0.25) is 0 Å². The van der Waals surface area contributed by atoms with Gasteiger partial charge < -0.3 is 5.32 Å². The van der Waals surface area contributed by atoms with Crippen molar-refractivity contribution in [2.75, 3.05) is 5.32 Å². The van der Waals surface area contributed by atoms with E-state index >= 15 is 0 Å². The summed E-state index contributed by atoms with van der Waals surface area (Å²) in [5, 5.41) is 4.48. The molecule has 1 aliphatic rings. The monoisotopic (exact) mass is 251 g/mol. The Balaban J connectivity index is 2.08. The molecule has 2 unspecified atom stereocenters. The van der Waals surface area contributed by atoms with Crippen molar-refractivity contribution in [1.29, 1.82) is 0 Å². The Kier molecular flexibility index (Phi) is 4.33. The third-order valence-corrected chi connectivity index (χ3v) is 4.22. The Bertz CT molecular complexity index is 362. The highest BCUT2D eigenvalue weighted by molar-refractivity contribution is 6.33. The van der Waals surface area contributed by atoms with Crippen LogP contribution in [-0.2, 0) is 0 Å². The third-order valence-electron chi connectivity index (χ3n) is 3.89. The van der Waals surface area contributed by atoms with E-state index in [4.69, 9.17) is 11.6 Å². The Hall–Kier alpha value is -0.690. The van der Waals surface area contributed by atoms with E-state index in [0.717, 1.165) is 22.5 Å². The number of rotatable bonds is 3. The molecule has 1 N–H and O–H groups in total. The third kappa shape index (κ3) is 3.16. The second-order valence-corrected chi connectivity index (χ2v) is 5.83. The molecular formula is C15H22ClN. The molecule has 2 atom stereocenters. The lowest BCUT2D eigenvalue weighted by molar-refractivity contribution is 0.254. The molecule has 1 fully saturated rings. The van der Waals surface area contributed by atoms with Gasteiger partial charge in [-0.15, -0.1) is 0 Å². The number of halogens is 1. The zero-order chi connectivity index (χ0) is 12.3. The summed E-state index contributed by atoms with van der Waals surface area (Å²) in [5.74, 6) is 1.52. The predicted octanol–water partition coefficient (Wildman–Crippen LogP) is 4.97. The molecule has 0 radical (unpaired) electrons. The summed E-state index contributed by atoms with van der Waals surface area (Å²) in [7, 11) is 0. The standard InChI is InChI=1S/C15H22ClN/c1-11(2)12-7-3-5-9-14(12)17-15-10-6-4-8-13(15)16/h4,6,8,10-12,14,17H,3,5,7,9H2,1-2H3. The van der Waals surface area contributed by atoms with Crippen molar-refractivity contribution in [3.8, 4) is 0 Å². The maximum atomic E-state index is 6.21. The molecule has 17 heavy (non-hydrogen) atoms. The van der Waals surface area contributed by atoms with Crippen molar-refractivity contribution < 1.29 is 0 Å². The van der Waals surface area contributed by atoms with Crippen LogP contribution in [0.3, 0.4) is 0 Å². The molecule has 0 aliphatic heterocycles. The molecule has 1 aliphatic carbocycles. The van der Waals surface area contributed by atoms with Gasteiger partial charge in [0, 0.05) is 6.04 Å². The van der Waals surface area contributed by atoms with Crippen molar-refractivity contribution in [2.45, 2.75) is 45.6 Å². The molecule has 2 heteroatoms. The zero-order valence-electron chi connectivity index (χ0n) is 10.7. The highest BCUT2D eigenvalue weighted by Crippen LogP contribution is 2.33. The Morgan fingerprint density at radius 2 is 1.88 bits per heavy atom. The van der Waals surface area contributed by atoms with Crippen molar-refractivity contribution in [3.05, 3.63) is 29.3 Å². The summed E-state index contributed by atoms with van der Waals surface area (Å²) in [6, 6.07) is 8.64. The van der Waals surface area contributed by atoms with E-state index in [0.29, 0.717) is 6.04 Å². The lowest BCUT2D eigenvalue weighted by Crippen LogP contribution is -2.35. The van der Waals surface area contributed by atoms with Crippen molar-refractivity contribution in [2.24, 2.45) is 11.8 Å². The summed E-state index contributed by atoms with van der Waals surface area (Å²) < 4.78 is 0. The average Bonchev–Trinajstić information content (AvgIpc) is 2.32. The number of benzene rings is 1. The number of hydrogen-bond acceptors (Lipinski definition) is 1. The SMILES string of the molecule is CC(C)C1CCCCC1Nc1ccccc1Cl. The van der Waals surface area contributed by atoms with Gasteiger partial charge in [-0.1, -0.05) is 50.4 Å². The lowest BCUT2D eigenvalue weighted by atomic mass is 9.78. The topological polar surface area (TPSA) is 12.0 Å². The molecule has 0 aromatic heterocycles. The molecule has 1 aromatic rings. The van der Waals surface area contributed by atoms with Crippen molar-refractivity contribution in [1.82, 2.24) is 0 Å². The molecule has 0 heterocycles. The van der Waals surface area contributed by atoms with Crippen LogP contribution in [-0.4, -0.2) is 6.04 Å². The Morgan fingerprint density at radius 1 is 1.18 bits per heavy atom. The van der Waals surface area contributed by atoms with Crippen LogP contribution in [0, 0.1) is 11.8 Å². The fourth-order valence-electron chi connectivity index (χ4n) is 2.91. The van der Waals surface area contributed by atoms with Crippen LogP contribution in [0.1, 0.15) is 39.5 Å². The maximum absolute atomic E-state index is 6.21. The number of nitrogens with one attached hydrogen (secondary N) is 1. The van der Waals surface area contributed by atoms with Gasteiger partial charge in [0.05, 0.1) is 10.7 Å². The fourth-order valence-corrected chi connectivity index (χ4v) is 3.10. The zero-order valence-corrected chi connectivity index (χ0v) is 11.5. The number of hydrogen-bond donors (Lipinski definition) is 1. The van der Waals surface area contributed by atoms with Crippen molar-refractivity contribution in [3.63, 3.8) is 0 Å². The Morgan fingerprint density at radius 3 is 2.59 bits per heavy atom. The van der Waals surface area contributed by atoms with Crippen LogP contribution in [0.2, 0.25) is 5.02 Å². The minimum atomic E-state index is 0.587. The number of para-hydroxylation sites is 1. The first-order chi connectivity index (χ1) is 8.18. The minimum absolute atomic E-state index is 0.587. The van der Waals surface area contributed by atoms with Gasteiger partial charge in [0.25, 0.3) is 0 Å². The average molecular weight is 252 g/mol. The first kappa shape index (κ1) is 12.8. The van der Waals surface area contributed by atoms with Crippen LogP contribution in [0.5, 0.6) is 0 Å². The van der Waals surface area contributed by atoms with E-state index in [1.165, 1.54) is 25.7 Å². The maximum Gasteiger partial charge on any atom is 0.0637 e. The highest BCUT2D eigenvalue weighted by atomic mass is 35.5. The van der Waals surface area contributed by atoms with Gasteiger partial charge in [-0.05, 0) is 36.8 Å². The van der Waals surface area contributed by atoms with Crippen LogP contribution < -0.4 is 5.32 Å². The molecule has 0 bridgehead atoms. The minimum Gasteiger partial charge on any atom is -0.381 e. The largest absolute Gasteiger partial charge is 0.381 e. The smallest absolute Gasteiger partial charge is 0.0637 e. The van der Waals surface area contributed by atoms with Gasteiger partial charge in [0.1, 0.15) is 0 Å². The van der Waals surface area contributed by atoms with E-state index in [1.807, 2.05) is 18.2 Å². The second-order valence-electron chi connectivity index (χ2n) is 5.42. The predicted molar refractivity (Wildman–Crippen MR) is 75.7 cm³/mol. The molecule has 0 saturated heterocycles. The first-order valence-electron chi connectivity index (χ1n) is 6.69. The Labute approximate surface area is 110 Å². The summed E-state index contributed by atoms with van der Waals surface area (Å²) >= 11 is 6.21. The summed E-state index contributed by atoms with van der Waals surface area (Å²) in [6.45, 7) is 4.66. The van der Waals surface area contributed by atoms with E-state index < -0.39 is 0 Å². The van der Waals surface area contributed by atoms with Crippen molar-refractivity contribution >= 4 is 17.3 Å². The quantitative estimate of drug-likeness (QED) is 0.800. The van der Waals surface area contributed by atoms with Gasteiger partial charge in [-0.25, -0.2) is 0 Å². The van der Waals surface area contributed by atoms with E-state index in [1.54, 1.807) is 0 Å². The molecule has 0 amide bonds. The molecule has 1 aromatic carbocycles. The molecule has 0 spiro atoms. The van der Waals surface area contributed by atoms with E-state index in [9.17, 15) is 0 Å². The highest BCUT2D eigenvalue weighted by Gasteiger charge is 2.27. The van der Waals surface area contributed by atoms with Gasteiger partial charge in [-0.3, -0.25) is 0 Å². The van der Waals surface area contributed by atoms with Gasteiger partial charge >= 0.3 is 0 Å². The van der Waals surface area contributed by atoms with Crippen LogP contribution in [0.4, 0.5) is 5.69 Å². The normalized spacial score (nSPS) is 24.9. The van der Waals surface area contributed by atoms with Gasteiger partial charge in [-0.2, -0.15) is 0 Å². The molecule has 1 saturated carbocycles. The van der Waals surface area contributed by atoms with Crippen LogP contribution in [0.15, 0.2) is 24.3 Å².